The van der Waals surface area contributed by atoms with Crippen LogP contribution in [0.5, 0.6) is 0 Å². The van der Waals surface area contributed by atoms with E-state index in [1.54, 1.807) is 0 Å². The van der Waals surface area contributed by atoms with Crippen molar-refractivity contribution in [2.24, 2.45) is 0 Å². The normalized spacial score (nSPS) is 11.3. The number of sulfonamides is 1. The molecule has 0 heterocycles. The molecule has 0 bridgehead atoms. The Morgan fingerprint density at radius 2 is 1.21 bits per heavy atom. The van der Waals surface area contributed by atoms with Gasteiger partial charge in [0.2, 0.25) is 10.0 Å². The Hall–Kier alpha value is -1.11. The topological polar surface area (TPSA) is 85.0 Å². The van der Waals surface area contributed by atoms with Gasteiger partial charge < -0.3 is 0 Å². The van der Waals surface area contributed by atoms with Crippen LogP contribution in [0.4, 0.5) is 0 Å². The third kappa shape index (κ3) is 12.3. The highest BCUT2D eigenvalue weighted by atomic mass is 32.2. The molecule has 0 aliphatic rings. The molecule has 0 aromatic rings. The first-order valence-electron chi connectivity index (χ1n) is 9.30. The molecule has 0 rings (SSSR count). The van der Waals surface area contributed by atoms with E-state index in [1.165, 1.54) is 36.4 Å². The summed E-state index contributed by atoms with van der Waals surface area (Å²) in [7, 11) is -3.27. The molecule has 0 radical (unpaired) electrons. The van der Waals surface area contributed by atoms with Gasteiger partial charge in [0.15, 0.2) is 0 Å². The summed E-state index contributed by atoms with van der Waals surface area (Å²) in [6.07, 6.45) is 10.8. The Morgan fingerprint density at radius 1 is 0.750 bits per heavy atom. The van der Waals surface area contributed by atoms with Crippen LogP contribution in [0.1, 0.15) is 84.0 Å². The maximum Gasteiger partial charge on any atom is 0.214 e. The van der Waals surface area contributed by atoms with Crippen LogP contribution in [-0.2, 0) is 10.0 Å². The molecular weight excluding hydrogens is 322 g/mol. The standard InChI is InChI=1S/C18H33N3O2S/c1-2-3-4-5-6-7-8-13-18-24(22,23)21(16-11-9-14-19)17-12-10-15-20/h2-13,16-18H2,1H3. The molecule has 6 heteroatoms. The van der Waals surface area contributed by atoms with E-state index in [-0.39, 0.29) is 5.75 Å². The summed E-state index contributed by atoms with van der Waals surface area (Å²) in [6.45, 7) is 2.97. The first-order chi connectivity index (χ1) is 11.6. The molecule has 0 saturated heterocycles. The minimum absolute atomic E-state index is 0.182. The van der Waals surface area contributed by atoms with Crippen LogP contribution in [0.2, 0.25) is 0 Å². The van der Waals surface area contributed by atoms with E-state index < -0.39 is 10.0 Å². The molecule has 138 valence electrons. The van der Waals surface area contributed by atoms with Crippen LogP contribution in [0.25, 0.3) is 0 Å². The lowest BCUT2D eigenvalue weighted by Gasteiger charge is -2.21. The lowest BCUT2D eigenvalue weighted by atomic mass is 10.1. The zero-order valence-electron chi connectivity index (χ0n) is 15.2. The SMILES string of the molecule is CCCCCCCCCCS(=O)(=O)N(CCCC#N)CCCC#N. The molecule has 0 amide bonds. The van der Waals surface area contributed by atoms with Gasteiger partial charge in [0.05, 0.1) is 17.9 Å². The number of hydrogen-bond acceptors (Lipinski definition) is 4. The predicted octanol–water partition coefficient (Wildman–Crippen LogP) is 4.37. The van der Waals surface area contributed by atoms with Crippen LogP contribution in [-0.4, -0.2) is 31.6 Å². The van der Waals surface area contributed by atoms with Crippen molar-refractivity contribution in [3.8, 4) is 12.1 Å². The quantitative estimate of drug-likeness (QED) is 0.385. The Labute approximate surface area is 148 Å². The van der Waals surface area contributed by atoms with Crippen molar-refractivity contribution in [3.05, 3.63) is 0 Å². The summed E-state index contributed by atoms with van der Waals surface area (Å²) >= 11 is 0. The lowest BCUT2D eigenvalue weighted by molar-refractivity contribution is 0.400. The second-order valence-corrected chi connectivity index (χ2v) is 8.30. The minimum atomic E-state index is -3.27. The van der Waals surface area contributed by atoms with Gasteiger partial charge in [0.1, 0.15) is 0 Å². The van der Waals surface area contributed by atoms with Gasteiger partial charge in [-0.05, 0) is 19.3 Å². The van der Waals surface area contributed by atoms with E-state index in [0.29, 0.717) is 45.2 Å². The summed E-state index contributed by atoms with van der Waals surface area (Å²) in [4.78, 5) is 0. The first kappa shape index (κ1) is 22.9. The van der Waals surface area contributed by atoms with Gasteiger partial charge in [0.25, 0.3) is 0 Å². The van der Waals surface area contributed by atoms with Crippen molar-refractivity contribution in [1.82, 2.24) is 4.31 Å². The van der Waals surface area contributed by atoms with Crippen molar-refractivity contribution in [2.75, 3.05) is 18.8 Å². The fourth-order valence-electron chi connectivity index (χ4n) is 2.61. The van der Waals surface area contributed by atoms with Crippen LogP contribution in [0.15, 0.2) is 0 Å². The molecule has 0 N–H and O–H groups in total. The number of nitrogens with zero attached hydrogens (tertiary/aromatic N) is 3. The second kappa shape index (κ2) is 15.4. The Kier molecular flexibility index (Phi) is 14.7. The molecule has 0 saturated carbocycles. The zero-order valence-corrected chi connectivity index (χ0v) is 16.0. The second-order valence-electron chi connectivity index (χ2n) is 6.21. The maximum atomic E-state index is 12.5. The van der Waals surface area contributed by atoms with E-state index in [9.17, 15) is 8.42 Å². The van der Waals surface area contributed by atoms with Crippen LogP contribution in [0.3, 0.4) is 0 Å². The third-order valence-corrected chi connectivity index (χ3v) is 6.00. The van der Waals surface area contributed by atoms with Gasteiger partial charge in [-0.15, -0.1) is 0 Å². The molecule has 24 heavy (non-hydrogen) atoms. The summed E-state index contributed by atoms with van der Waals surface area (Å²) in [5.41, 5.74) is 0. The van der Waals surface area contributed by atoms with Gasteiger partial charge in [-0.2, -0.15) is 10.5 Å². The van der Waals surface area contributed by atoms with E-state index in [0.717, 1.165) is 12.8 Å². The molecule has 0 aliphatic carbocycles. The van der Waals surface area contributed by atoms with E-state index in [1.807, 2.05) is 12.1 Å². The van der Waals surface area contributed by atoms with Crippen molar-refractivity contribution in [2.45, 2.75) is 84.0 Å². The largest absolute Gasteiger partial charge is 0.214 e. The molecule has 0 atom stereocenters. The van der Waals surface area contributed by atoms with Gasteiger partial charge in [-0.25, -0.2) is 12.7 Å². The Balaban J connectivity index is 4.13. The molecular formula is C18H33N3O2S. The molecule has 0 fully saturated rings. The smallest absolute Gasteiger partial charge is 0.212 e. The molecule has 5 nitrogen and oxygen atoms in total. The number of hydrogen-bond donors (Lipinski definition) is 0. The highest BCUT2D eigenvalue weighted by Crippen LogP contribution is 2.12. The van der Waals surface area contributed by atoms with Crippen molar-refractivity contribution in [3.63, 3.8) is 0 Å². The molecule has 0 aromatic carbocycles. The van der Waals surface area contributed by atoms with Crippen molar-refractivity contribution >= 4 is 10.0 Å². The number of rotatable bonds is 16. The minimum Gasteiger partial charge on any atom is -0.212 e. The van der Waals surface area contributed by atoms with E-state index >= 15 is 0 Å². The lowest BCUT2D eigenvalue weighted by Crippen LogP contribution is -2.34. The predicted molar refractivity (Wildman–Crippen MR) is 97.7 cm³/mol. The summed E-state index contributed by atoms with van der Waals surface area (Å²) < 4.78 is 26.4. The summed E-state index contributed by atoms with van der Waals surface area (Å²) in [5, 5.41) is 17.2. The molecule has 0 spiro atoms. The average molecular weight is 356 g/mol. The van der Waals surface area contributed by atoms with Gasteiger partial charge in [-0.3, -0.25) is 0 Å². The molecule has 0 unspecified atom stereocenters. The highest BCUT2D eigenvalue weighted by molar-refractivity contribution is 7.89. The number of nitriles is 2. The van der Waals surface area contributed by atoms with Gasteiger partial charge >= 0.3 is 0 Å². The summed E-state index contributed by atoms with van der Waals surface area (Å²) in [6, 6.07) is 4.10. The Morgan fingerprint density at radius 3 is 1.67 bits per heavy atom. The number of unbranched alkanes of at least 4 members (excludes halogenated alkanes) is 9. The molecule has 0 aromatic heterocycles. The molecule has 0 aliphatic heterocycles. The monoisotopic (exact) mass is 355 g/mol. The highest BCUT2D eigenvalue weighted by Gasteiger charge is 2.20. The average Bonchev–Trinajstić information content (AvgIpc) is 2.56. The van der Waals surface area contributed by atoms with E-state index in [4.69, 9.17) is 10.5 Å². The zero-order chi connectivity index (χ0) is 18.1. The fourth-order valence-corrected chi connectivity index (χ4v) is 4.25. The van der Waals surface area contributed by atoms with Gasteiger partial charge in [0, 0.05) is 25.9 Å². The fraction of sp³-hybridized carbons (Fsp3) is 0.889. The summed E-state index contributed by atoms with van der Waals surface area (Å²) in [5.74, 6) is 0.182. The van der Waals surface area contributed by atoms with Crippen LogP contribution >= 0.6 is 0 Å². The van der Waals surface area contributed by atoms with Crippen molar-refractivity contribution in [1.29, 1.82) is 10.5 Å². The van der Waals surface area contributed by atoms with Crippen LogP contribution < -0.4 is 0 Å². The first-order valence-corrected chi connectivity index (χ1v) is 10.9. The van der Waals surface area contributed by atoms with Crippen molar-refractivity contribution < 1.29 is 8.42 Å². The van der Waals surface area contributed by atoms with Crippen LogP contribution in [0, 0.1) is 22.7 Å². The third-order valence-electron chi connectivity index (χ3n) is 4.04. The van der Waals surface area contributed by atoms with Gasteiger partial charge in [-0.1, -0.05) is 51.9 Å². The maximum absolute atomic E-state index is 12.5. The van der Waals surface area contributed by atoms with E-state index in [2.05, 4.69) is 6.92 Å². The Bertz CT molecular complexity index is 457.